The molecule has 1 aliphatic carbocycles. The van der Waals surface area contributed by atoms with Crippen molar-refractivity contribution < 1.29 is 4.52 Å². The Hall–Kier alpha value is 1.30. The molecule has 0 bridgehead atoms. The SMILES string of the molecule is PCN(CP)CCC1CCC(OP=S)CC1. The lowest BCUT2D eigenvalue weighted by atomic mass is 9.85. The largest absolute Gasteiger partial charge is 0.314 e. The van der Waals surface area contributed by atoms with Crippen LogP contribution in [0.5, 0.6) is 0 Å². The van der Waals surface area contributed by atoms with E-state index < -0.39 is 0 Å². The minimum atomic E-state index is 0.440. The minimum Gasteiger partial charge on any atom is -0.314 e. The number of hydrogen-bond donors (Lipinski definition) is 0. The highest BCUT2D eigenvalue weighted by molar-refractivity contribution is 7.94. The van der Waals surface area contributed by atoms with Crippen molar-refractivity contribution in [1.82, 2.24) is 4.90 Å². The highest BCUT2D eigenvalue weighted by Crippen LogP contribution is 2.30. The van der Waals surface area contributed by atoms with Crippen LogP contribution in [0.3, 0.4) is 0 Å². The molecule has 1 saturated carbocycles. The van der Waals surface area contributed by atoms with Crippen molar-refractivity contribution in [3.05, 3.63) is 0 Å². The number of nitrogens with zero attached hydrogens (tertiary/aromatic N) is 1. The van der Waals surface area contributed by atoms with Crippen LogP contribution >= 0.6 is 26.1 Å². The van der Waals surface area contributed by atoms with Gasteiger partial charge in [-0.3, -0.25) is 4.90 Å². The van der Waals surface area contributed by atoms with Crippen molar-refractivity contribution in [2.45, 2.75) is 38.2 Å². The van der Waals surface area contributed by atoms with Crippen molar-refractivity contribution >= 4 is 37.9 Å². The third kappa shape index (κ3) is 5.76. The van der Waals surface area contributed by atoms with Crippen LogP contribution < -0.4 is 0 Å². The molecule has 0 N–H and O–H groups in total. The highest BCUT2D eigenvalue weighted by atomic mass is 32.4. The zero-order valence-electron chi connectivity index (χ0n) is 9.68. The van der Waals surface area contributed by atoms with E-state index in [-0.39, 0.29) is 0 Å². The smallest absolute Gasteiger partial charge is 0.137 e. The van der Waals surface area contributed by atoms with Crippen molar-refractivity contribution in [2.24, 2.45) is 5.92 Å². The molecular weight excluding hydrogens is 275 g/mol. The number of hydrogen-bond acceptors (Lipinski definition) is 3. The molecule has 1 rings (SSSR count). The van der Waals surface area contributed by atoms with Gasteiger partial charge in [-0.1, -0.05) is 0 Å². The zero-order valence-corrected chi connectivity index (χ0v) is 13.7. The van der Waals surface area contributed by atoms with Crippen molar-refractivity contribution in [3.63, 3.8) is 0 Å². The van der Waals surface area contributed by atoms with Crippen LogP contribution in [0.2, 0.25) is 0 Å². The summed E-state index contributed by atoms with van der Waals surface area (Å²) in [5.74, 6) is 0.900. The quantitative estimate of drug-likeness (QED) is 0.669. The van der Waals surface area contributed by atoms with Crippen LogP contribution in [0.15, 0.2) is 0 Å². The molecule has 2 unspecified atom stereocenters. The molecule has 6 heteroatoms. The fourth-order valence-corrected chi connectivity index (χ4v) is 3.87. The van der Waals surface area contributed by atoms with E-state index in [0.717, 1.165) is 18.5 Å². The molecule has 94 valence electrons. The first kappa shape index (κ1) is 15.4. The zero-order chi connectivity index (χ0) is 11.8. The lowest BCUT2D eigenvalue weighted by Crippen LogP contribution is -2.26. The summed E-state index contributed by atoms with van der Waals surface area (Å²) >= 11 is 4.82. The van der Waals surface area contributed by atoms with E-state index in [9.17, 15) is 0 Å². The molecule has 0 radical (unpaired) electrons. The highest BCUT2D eigenvalue weighted by Gasteiger charge is 2.21. The molecule has 0 spiro atoms. The standard InChI is InChI=1S/C10H22NOP3S/c13-7-11(8-14)6-5-9-1-3-10(4-2-9)12-15-16/h9-10H,1-8,13-14H2. The lowest BCUT2D eigenvalue weighted by molar-refractivity contribution is 0.145. The van der Waals surface area contributed by atoms with E-state index >= 15 is 0 Å². The van der Waals surface area contributed by atoms with Crippen LogP contribution in [0, 0.1) is 5.92 Å². The summed E-state index contributed by atoms with van der Waals surface area (Å²) in [7, 11) is 6.28. The third-order valence-electron chi connectivity index (χ3n) is 3.36. The average Bonchev–Trinajstić information content (AvgIpc) is 2.33. The van der Waals surface area contributed by atoms with Crippen LogP contribution in [-0.2, 0) is 16.3 Å². The van der Waals surface area contributed by atoms with Crippen LogP contribution in [0.1, 0.15) is 32.1 Å². The number of rotatable bonds is 7. The van der Waals surface area contributed by atoms with Gasteiger partial charge in [-0.15, -0.1) is 18.5 Å². The normalized spacial score (nSPS) is 26.4. The topological polar surface area (TPSA) is 12.5 Å². The van der Waals surface area contributed by atoms with Crippen LogP contribution in [0.4, 0.5) is 0 Å². The monoisotopic (exact) mass is 297 g/mol. The molecule has 0 aromatic rings. The molecule has 1 fully saturated rings. The van der Waals surface area contributed by atoms with Gasteiger partial charge in [-0.2, -0.15) is 0 Å². The molecule has 2 nitrogen and oxygen atoms in total. The van der Waals surface area contributed by atoms with Gasteiger partial charge >= 0.3 is 0 Å². The van der Waals surface area contributed by atoms with Crippen molar-refractivity contribution in [3.8, 4) is 0 Å². The summed E-state index contributed by atoms with van der Waals surface area (Å²) in [6, 6.07) is 0. The summed E-state index contributed by atoms with van der Waals surface area (Å²) < 4.78 is 5.47. The van der Waals surface area contributed by atoms with Gasteiger partial charge in [0.15, 0.2) is 0 Å². The van der Waals surface area contributed by atoms with Crippen LogP contribution in [0.25, 0.3) is 0 Å². The first-order chi connectivity index (χ1) is 7.80. The van der Waals surface area contributed by atoms with Gasteiger partial charge in [0.1, 0.15) is 7.58 Å². The summed E-state index contributed by atoms with van der Waals surface area (Å²) in [6.45, 7) is 1.22. The maximum absolute atomic E-state index is 5.47. The van der Waals surface area contributed by atoms with Gasteiger partial charge in [-0.25, -0.2) is 0 Å². The summed E-state index contributed by atoms with van der Waals surface area (Å²) in [5.41, 5.74) is 0. The Bertz CT molecular complexity index is 197. The fraction of sp³-hybridized carbons (Fsp3) is 1.00. The molecule has 0 heterocycles. The van der Waals surface area contributed by atoms with E-state index in [0.29, 0.717) is 13.7 Å². The molecule has 0 saturated heterocycles. The molecule has 2 atom stereocenters. The molecule has 0 amide bonds. The Kier molecular flexibility index (Phi) is 8.89. The maximum Gasteiger partial charge on any atom is 0.137 e. The lowest BCUT2D eigenvalue weighted by Gasteiger charge is -2.28. The van der Waals surface area contributed by atoms with Gasteiger partial charge < -0.3 is 4.52 Å². The summed E-state index contributed by atoms with van der Waals surface area (Å²) in [4.78, 5) is 2.44. The Labute approximate surface area is 111 Å². The fourth-order valence-electron chi connectivity index (χ4n) is 2.21. The molecule has 0 aromatic carbocycles. The van der Waals surface area contributed by atoms with Crippen molar-refractivity contribution in [2.75, 3.05) is 19.1 Å². The van der Waals surface area contributed by atoms with E-state index in [1.165, 1.54) is 38.6 Å². The first-order valence-electron chi connectivity index (χ1n) is 5.91. The summed E-state index contributed by atoms with van der Waals surface area (Å²) in [6.07, 6.45) is 8.98. The third-order valence-corrected chi connectivity index (χ3v) is 5.03. The molecule has 0 aliphatic heterocycles. The van der Waals surface area contributed by atoms with E-state index in [2.05, 4.69) is 23.4 Å². The van der Waals surface area contributed by atoms with E-state index in [1.54, 1.807) is 0 Å². The Morgan fingerprint density at radius 1 is 1.19 bits per heavy atom. The van der Waals surface area contributed by atoms with Gasteiger partial charge in [0.2, 0.25) is 0 Å². The van der Waals surface area contributed by atoms with Gasteiger partial charge in [-0.05, 0) is 56.4 Å². The second-order valence-corrected chi connectivity index (χ2v) is 5.91. The predicted octanol–water partition coefficient (Wildman–Crippen LogP) is 3.24. The predicted molar refractivity (Wildman–Crippen MR) is 81.6 cm³/mol. The van der Waals surface area contributed by atoms with Gasteiger partial charge in [0, 0.05) is 12.6 Å². The van der Waals surface area contributed by atoms with Gasteiger partial charge in [0.25, 0.3) is 0 Å². The van der Waals surface area contributed by atoms with E-state index in [4.69, 9.17) is 16.3 Å². The maximum atomic E-state index is 5.47. The average molecular weight is 297 g/mol. The molecular formula is C10H22NOP3S. The Balaban J connectivity index is 2.14. The molecule has 0 aromatic heterocycles. The molecule has 16 heavy (non-hydrogen) atoms. The van der Waals surface area contributed by atoms with E-state index in [1.807, 2.05) is 0 Å². The minimum absolute atomic E-state index is 0.440. The second kappa shape index (κ2) is 9.26. The Morgan fingerprint density at radius 3 is 2.31 bits per heavy atom. The van der Waals surface area contributed by atoms with Crippen molar-refractivity contribution in [1.29, 1.82) is 0 Å². The summed E-state index contributed by atoms with van der Waals surface area (Å²) in [5, 5.41) is 0. The first-order valence-corrected chi connectivity index (χ1v) is 9.37. The Morgan fingerprint density at radius 2 is 1.81 bits per heavy atom. The van der Waals surface area contributed by atoms with Crippen LogP contribution in [-0.4, -0.2) is 30.1 Å². The second-order valence-electron chi connectivity index (χ2n) is 4.37. The molecule has 1 aliphatic rings. The van der Waals surface area contributed by atoms with Gasteiger partial charge in [0.05, 0.1) is 6.10 Å².